The molecule has 126 valence electrons. The van der Waals surface area contributed by atoms with Gasteiger partial charge in [-0.3, -0.25) is 9.69 Å². The molecule has 6 heteroatoms. The van der Waals surface area contributed by atoms with Gasteiger partial charge in [-0.05, 0) is 45.4 Å². The molecule has 0 amide bonds. The van der Waals surface area contributed by atoms with E-state index >= 15 is 0 Å². The van der Waals surface area contributed by atoms with Gasteiger partial charge in [0.25, 0.3) is 0 Å². The van der Waals surface area contributed by atoms with Crippen molar-refractivity contribution < 1.29 is 13.2 Å². The van der Waals surface area contributed by atoms with Crippen LogP contribution in [0.3, 0.4) is 0 Å². The predicted octanol–water partition coefficient (Wildman–Crippen LogP) is 2.92. The Hall–Kier alpha value is -0.910. The molecule has 0 unspecified atom stereocenters. The first kappa shape index (κ1) is 16.9. The Morgan fingerprint density at radius 3 is 2.52 bits per heavy atom. The van der Waals surface area contributed by atoms with Gasteiger partial charge < -0.3 is 0 Å². The molecule has 0 bridgehead atoms. The number of carbonyl (C=O) groups is 1. The SMILES string of the molecule is Cc1ccc(S(=O)(=O)[C@@]2(Cl)C(=O)C[C@H]3CCCCN3[C@@H]2C)cc1. The van der Waals surface area contributed by atoms with Crippen molar-refractivity contribution in [2.75, 3.05) is 6.54 Å². The van der Waals surface area contributed by atoms with Gasteiger partial charge in [-0.25, -0.2) is 8.42 Å². The van der Waals surface area contributed by atoms with Gasteiger partial charge in [0, 0.05) is 18.5 Å². The van der Waals surface area contributed by atoms with E-state index in [1.165, 1.54) is 12.1 Å². The van der Waals surface area contributed by atoms with E-state index in [2.05, 4.69) is 4.90 Å². The zero-order valence-corrected chi connectivity index (χ0v) is 15.0. The number of carbonyl (C=O) groups excluding carboxylic acids is 1. The Kier molecular flexibility index (Phi) is 4.32. The van der Waals surface area contributed by atoms with Crippen molar-refractivity contribution >= 4 is 27.2 Å². The Morgan fingerprint density at radius 1 is 1.22 bits per heavy atom. The van der Waals surface area contributed by atoms with Gasteiger partial charge in [-0.15, -0.1) is 0 Å². The van der Waals surface area contributed by atoms with E-state index in [0.29, 0.717) is 0 Å². The number of alkyl halides is 1. The second-order valence-corrected chi connectivity index (χ2v) is 9.59. The number of nitrogens with zero attached hydrogens (tertiary/aromatic N) is 1. The third-order valence-electron chi connectivity index (χ3n) is 5.23. The number of hydrogen-bond donors (Lipinski definition) is 0. The third kappa shape index (κ3) is 2.53. The lowest BCUT2D eigenvalue weighted by molar-refractivity contribution is -0.127. The molecule has 2 aliphatic heterocycles. The molecule has 2 aliphatic rings. The van der Waals surface area contributed by atoms with Crippen LogP contribution in [0.15, 0.2) is 29.2 Å². The molecule has 0 aliphatic carbocycles. The van der Waals surface area contributed by atoms with Crippen molar-refractivity contribution in [3.8, 4) is 0 Å². The second-order valence-electron chi connectivity index (χ2n) is 6.65. The molecule has 0 radical (unpaired) electrons. The number of hydrogen-bond acceptors (Lipinski definition) is 4. The zero-order chi connectivity index (χ0) is 16.8. The molecule has 0 aromatic heterocycles. The monoisotopic (exact) mass is 355 g/mol. The summed E-state index contributed by atoms with van der Waals surface area (Å²) in [5, 5.41) is 0. The van der Waals surface area contributed by atoms with E-state index in [1.54, 1.807) is 19.1 Å². The predicted molar refractivity (Wildman–Crippen MR) is 90.4 cm³/mol. The first-order valence-corrected chi connectivity index (χ1v) is 9.94. The minimum absolute atomic E-state index is 0.119. The van der Waals surface area contributed by atoms with Gasteiger partial charge in [-0.1, -0.05) is 35.7 Å². The average molecular weight is 356 g/mol. The van der Waals surface area contributed by atoms with E-state index in [9.17, 15) is 13.2 Å². The molecular formula is C17H22ClNO3S. The number of halogens is 1. The highest BCUT2D eigenvalue weighted by molar-refractivity contribution is 7.95. The average Bonchev–Trinajstić information content (AvgIpc) is 2.53. The maximum absolute atomic E-state index is 13.1. The van der Waals surface area contributed by atoms with Crippen molar-refractivity contribution in [2.24, 2.45) is 0 Å². The number of Topliss-reactive ketones (excluding diaryl/α,β-unsaturated/α-hetero) is 1. The molecule has 2 heterocycles. The van der Waals surface area contributed by atoms with Crippen LogP contribution in [0.1, 0.15) is 38.2 Å². The first-order valence-electron chi connectivity index (χ1n) is 8.07. The van der Waals surface area contributed by atoms with Crippen molar-refractivity contribution in [1.29, 1.82) is 0 Å². The molecule has 1 aromatic carbocycles. The fraction of sp³-hybridized carbons (Fsp3) is 0.588. The summed E-state index contributed by atoms with van der Waals surface area (Å²) in [7, 11) is -3.95. The van der Waals surface area contributed by atoms with Crippen molar-refractivity contribution in [3.05, 3.63) is 29.8 Å². The summed E-state index contributed by atoms with van der Waals surface area (Å²) < 4.78 is 24.4. The maximum atomic E-state index is 13.1. The Morgan fingerprint density at radius 2 is 1.87 bits per heavy atom. The highest BCUT2D eigenvalue weighted by Crippen LogP contribution is 2.43. The highest BCUT2D eigenvalue weighted by Gasteiger charge is 2.59. The number of benzene rings is 1. The van der Waals surface area contributed by atoms with Gasteiger partial charge in [0.15, 0.2) is 5.78 Å². The maximum Gasteiger partial charge on any atom is 0.222 e. The van der Waals surface area contributed by atoms with Crippen LogP contribution >= 0.6 is 11.6 Å². The van der Waals surface area contributed by atoms with Gasteiger partial charge in [0.2, 0.25) is 14.0 Å². The lowest BCUT2D eigenvalue weighted by atomic mass is 9.88. The number of fused-ring (bicyclic) bond motifs is 1. The smallest absolute Gasteiger partial charge is 0.222 e. The fourth-order valence-electron chi connectivity index (χ4n) is 3.81. The van der Waals surface area contributed by atoms with E-state index in [1.807, 2.05) is 6.92 Å². The van der Waals surface area contributed by atoms with Gasteiger partial charge in [0.05, 0.1) is 4.90 Å². The van der Waals surface area contributed by atoms with Gasteiger partial charge in [-0.2, -0.15) is 0 Å². The molecule has 23 heavy (non-hydrogen) atoms. The molecule has 3 atom stereocenters. The number of sulfone groups is 1. The van der Waals surface area contributed by atoms with Crippen LogP contribution < -0.4 is 0 Å². The van der Waals surface area contributed by atoms with Crippen molar-refractivity contribution in [1.82, 2.24) is 4.90 Å². The quantitative estimate of drug-likeness (QED) is 0.765. The molecule has 0 spiro atoms. The highest BCUT2D eigenvalue weighted by atomic mass is 35.5. The minimum Gasteiger partial charge on any atom is -0.296 e. The topological polar surface area (TPSA) is 54.5 Å². The van der Waals surface area contributed by atoms with E-state index in [0.717, 1.165) is 31.4 Å². The van der Waals surface area contributed by atoms with Crippen LogP contribution in [0.4, 0.5) is 0 Å². The van der Waals surface area contributed by atoms with Crippen molar-refractivity contribution in [2.45, 2.75) is 60.7 Å². The molecular weight excluding hydrogens is 334 g/mol. The summed E-state index contributed by atoms with van der Waals surface area (Å²) >= 11 is 6.58. The molecule has 0 saturated carbocycles. The van der Waals surface area contributed by atoms with Crippen LogP contribution in [0.2, 0.25) is 0 Å². The van der Waals surface area contributed by atoms with Crippen LogP contribution in [-0.4, -0.2) is 41.9 Å². The lowest BCUT2D eigenvalue weighted by Crippen LogP contribution is -2.65. The summed E-state index contributed by atoms with van der Waals surface area (Å²) in [5.74, 6) is -0.365. The summed E-state index contributed by atoms with van der Waals surface area (Å²) in [6, 6.07) is 6.14. The number of aryl methyl sites for hydroxylation is 1. The Balaban J connectivity index is 2.04. The van der Waals surface area contributed by atoms with Gasteiger partial charge >= 0.3 is 0 Å². The standard InChI is InChI=1S/C17H22ClNO3S/c1-12-6-8-15(9-7-12)23(21,22)17(18)13(2)19-10-4-3-5-14(19)11-16(17)20/h6-9,13-14H,3-5,10-11H2,1-2H3/t13-,14-,17-/m1/s1. The fourth-order valence-corrected chi connectivity index (χ4v) is 6.09. The second kappa shape index (κ2) is 5.87. The van der Waals surface area contributed by atoms with E-state index < -0.39 is 20.1 Å². The largest absolute Gasteiger partial charge is 0.296 e. The molecule has 1 aromatic rings. The minimum atomic E-state index is -3.95. The number of ketones is 1. The summed E-state index contributed by atoms with van der Waals surface area (Å²) in [6.07, 6.45) is 3.26. The van der Waals surface area contributed by atoms with Crippen LogP contribution in [0.5, 0.6) is 0 Å². The molecule has 2 fully saturated rings. The molecule has 3 rings (SSSR count). The van der Waals surface area contributed by atoms with E-state index in [4.69, 9.17) is 11.6 Å². The first-order chi connectivity index (χ1) is 10.8. The molecule has 2 saturated heterocycles. The lowest BCUT2D eigenvalue weighted by Gasteiger charge is -2.49. The Bertz CT molecular complexity index is 716. The Labute approximate surface area is 142 Å². The zero-order valence-electron chi connectivity index (χ0n) is 13.5. The molecule has 4 nitrogen and oxygen atoms in total. The number of piperidine rings is 2. The van der Waals surface area contributed by atoms with Crippen LogP contribution in [0, 0.1) is 6.92 Å². The normalized spacial score (nSPS) is 32.6. The van der Waals surface area contributed by atoms with Gasteiger partial charge in [0.1, 0.15) is 0 Å². The molecule has 0 N–H and O–H groups in total. The number of rotatable bonds is 2. The third-order valence-corrected chi connectivity index (χ3v) is 8.61. The van der Waals surface area contributed by atoms with Crippen molar-refractivity contribution in [3.63, 3.8) is 0 Å². The van der Waals surface area contributed by atoms with E-state index in [-0.39, 0.29) is 23.1 Å². The van der Waals surface area contributed by atoms with Crippen LogP contribution in [-0.2, 0) is 14.6 Å². The van der Waals surface area contributed by atoms with Crippen LogP contribution in [0.25, 0.3) is 0 Å². The summed E-state index contributed by atoms with van der Waals surface area (Å²) in [6.45, 7) is 4.46. The summed E-state index contributed by atoms with van der Waals surface area (Å²) in [4.78, 5) is 15.0. The summed E-state index contributed by atoms with van der Waals surface area (Å²) in [5.41, 5.74) is 0.965.